The number of carbonyl (C=O) groups is 1. The first kappa shape index (κ1) is 15.0. The molecular weight excluding hydrogens is 248 g/mol. The molecule has 0 aromatic heterocycles. The molecule has 0 atom stereocenters. The first-order valence-corrected chi connectivity index (χ1v) is 7.59. The van der Waals surface area contributed by atoms with Gasteiger partial charge in [-0.15, -0.1) is 0 Å². The summed E-state index contributed by atoms with van der Waals surface area (Å²) in [7, 11) is 0. The van der Waals surface area contributed by atoms with Crippen molar-refractivity contribution in [1.29, 1.82) is 0 Å². The number of amides is 1. The molecule has 1 fully saturated rings. The maximum absolute atomic E-state index is 13.0. The monoisotopic (exact) mass is 274 g/mol. The zero-order valence-electron chi connectivity index (χ0n) is 12.9. The third-order valence-corrected chi connectivity index (χ3v) is 4.30. The van der Waals surface area contributed by atoms with Crippen LogP contribution in [0.5, 0.6) is 0 Å². The molecule has 1 saturated heterocycles. The van der Waals surface area contributed by atoms with Gasteiger partial charge >= 0.3 is 0 Å². The molecule has 0 saturated carbocycles. The van der Waals surface area contributed by atoms with E-state index < -0.39 is 0 Å². The van der Waals surface area contributed by atoms with E-state index in [-0.39, 0.29) is 11.5 Å². The predicted molar refractivity (Wildman–Crippen MR) is 82.3 cm³/mol. The number of nitrogens with one attached hydrogen (secondary N) is 1. The zero-order chi connectivity index (χ0) is 14.6. The van der Waals surface area contributed by atoms with E-state index in [1.807, 2.05) is 23.1 Å². The van der Waals surface area contributed by atoms with Gasteiger partial charge < -0.3 is 10.2 Å². The molecule has 1 N–H and O–H groups in total. The van der Waals surface area contributed by atoms with Crippen LogP contribution in [0.25, 0.3) is 0 Å². The Hall–Kier alpha value is -1.35. The van der Waals surface area contributed by atoms with Gasteiger partial charge in [-0.05, 0) is 45.3 Å². The smallest absolute Gasteiger partial charge is 0.229 e. The second kappa shape index (κ2) is 6.40. The van der Waals surface area contributed by atoms with Crippen molar-refractivity contribution in [2.75, 3.05) is 13.1 Å². The number of rotatable bonds is 4. The van der Waals surface area contributed by atoms with Crippen LogP contribution in [0.4, 0.5) is 0 Å². The maximum atomic E-state index is 13.0. The van der Waals surface area contributed by atoms with Crippen LogP contribution in [0.15, 0.2) is 30.3 Å². The molecule has 0 radical (unpaired) electrons. The number of piperidine rings is 1. The highest BCUT2D eigenvalue weighted by atomic mass is 16.2. The van der Waals surface area contributed by atoms with Gasteiger partial charge in [0, 0.05) is 18.0 Å². The molecule has 1 aromatic rings. The Labute approximate surface area is 122 Å². The lowest BCUT2D eigenvalue weighted by Crippen LogP contribution is -2.49. The van der Waals surface area contributed by atoms with Crippen LogP contribution in [0.1, 0.15) is 39.2 Å². The topological polar surface area (TPSA) is 32.3 Å². The van der Waals surface area contributed by atoms with Crippen molar-refractivity contribution in [2.45, 2.75) is 46.2 Å². The first-order valence-electron chi connectivity index (χ1n) is 7.59. The molecular formula is C17H26N2O. The molecule has 1 aliphatic rings. The lowest BCUT2D eigenvalue weighted by atomic mass is 9.79. The summed E-state index contributed by atoms with van der Waals surface area (Å²) in [6, 6.07) is 10.5. The zero-order valence-corrected chi connectivity index (χ0v) is 12.9. The Morgan fingerprint density at radius 3 is 2.40 bits per heavy atom. The van der Waals surface area contributed by atoms with E-state index in [0.29, 0.717) is 12.5 Å². The maximum Gasteiger partial charge on any atom is 0.229 e. The molecule has 0 aliphatic carbocycles. The highest BCUT2D eigenvalue weighted by molar-refractivity contribution is 5.82. The van der Waals surface area contributed by atoms with Crippen molar-refractivity contribution < 1.29 is 4.79 Å². The normalized spacial score (nSPS) is 18.0. The van der Waals surface area contributed by atoms with Crippen molar-refractivity contribution in [3.63, 3.8) is 0 Å². The fourth-order valence-corrected chi connectivity index (χ4v) is 2.81. The third-order valence-electron chi connectivity index (χ3n) is 4.30. The molecule has 0 spiro atoms. The van der Waals surface area contributed by atoms with Crippen molar-refractivity contribution in [2.24, 2.45) is 5.41 Å². The molecule has 0 unspecified atom stereocenters. The molecule has 3 heteroatoms. The number of nitrogens with zero attached hydrogens (tertiary/aromatic N) is 1. The van der Waals surface area contributed by atoms with E-state index in [9.17, 15) is 4.79 Å². The van der Waals surface area contributed by atoms with Crippen LogP contribution in [0.3, 0.4) is 0 Å². The van der Waals surface area contributed by atoms with Gasteiger partial charge in [0.2, 0.25) is 5.91 Å². The second-order valence-corrected chi connectivity index (χ2v) is 6.32. The molecule has 1 aliphatic heterocycles. The van der Waals surface area contributed by atoms with E-state index >= 15 is 0 Å². The molecule has 2 rings (SSSR count). The SMILES string of the molecule is CC(C)N(Cc1ccccc1)C(=O)C1(C)CCNCC1. The van der Waals surface area contributed by atoms with Gasteiger partial charge in [-0.2, -0.15) is 0 Å². The summed E-state index contributed by atoms with van der Waals surface area (Å²) in [5, 5.41) is 3.34. The van der Waals surface area contributed by atoms with E-state index in [4.69, 9.17) is 0 Å². The highest BCUT2D eigenvalue weighted by Crippen LogP contribution is 2.31. The van der Waals surface area contributed by atoms with Crippen LogP contribution < -0.4 is 5.32 Å². The largest absolute Gasteiger partial charge is 0.335 e. The number of hydrogen-bond donors (Lipinski definition) is 1. The summed E-state index contributed by atoms with van der Waals surface area (Å²) in [5.41, 5.74) is 0.997. The highest BCUT2D eigenvalue weighted by Gasteiger charge is 2.38. The van der Waals surface area contributed by atoms with Crippen molar-refractivity contribution >= 4 is 5.91 Å². The molecule has 110 valence electrons. The van der Waals surface area contributed by atoms with Crippen LogP contribution in [0.2, 0.25) is 0 Å². The Balaban J connectivity index is 2.13. The predicted octanol–water partition coefficient (Wildman–Crippen LogP) is 2.81. The quantitative estimate of drug-likeness (QED) is 0.915. The molecule has 20 heavy (non-hydrogen) atoms. The minimum absolute atomic E-state index is 0.204. The summed E-state index contributed by atoms with van der Waals surface area (Å²) in [5.74, 6) is 0.304. The Morgan fingerprint density at radius 1 is 1.25 bits per heavy atom. The standard InChI is InChI=1S/C17H26N2O/c1-14(2)19(13-15-7-5-4-6-8-15)16(20)17(3)9-11-18-12-10-17/h4-8,14,18H,9-13H2,1-3H3. The molecule has 3 nitrogen and oxygen atoms in total. The van der Waals surface area contributed by atoms with Crippen molar-refractivity contribution in [3.8, 4) is 0 Å². The summed E-state index contributed by atoms with van der Waals surface area (Å²) < 4.78 is 0. The minimum atomic E-state index is -0.204. The molecule has 1 amide bonds. The third kappa shape index (κ3) is 3.40. The first-order chi connectivity index (χ1) is 9.53. The summed E-state index contributed by atoms with van der Waals surface area (Å²) in [6.45, 7) is 8.92. The van der Waals surface area contributed by atoms with E-state index in [1.54, 1.807) is 0 Å². The van der Waals surface area contributed by atoms with E-state index in [2.05, 4.69) is 38.2 Å². The molecule has 0 bridgehead atoms. The van der Waals surface area contributed by atoms with Crippen molar-refractivity contribution in [3.05, 3.63) is 35.9 Å². The van der Waals surface area contributed by atoms with Gasteiger partial charge in [-0.25, -0.2) is 0 Å². The van der Waals surface area contributed by atoms with Crippen molar-refractivity contribution in [1.82, 2.24) is 10.2 Å². The Bertz CT molecular complexity index is 436. The number of hydrogen-bond acceptors (Lipinski definition) is 2. The fraction of sp³-hybridized carbons (Fsp3) is 0.588. The van der Waals surface area contributed by atoms with Crippen LogP contribution in [-0.2, 0) is 11.3 Å². The van der Waals surface area contributed by atoms with E-state index in [0.717, 1.165) is 25.9 Å². The van der Waals surface area contributed by atoms with Gasteiger partial charge in [-0.3, -0.25) is 4.79 Å². The van der Waals surface area contributed by atoms with Gasteiger partial charge in [0.25, 0.3) is 0 Å². The molecule has 1 heterocycles. The van der Waals surface area contributed by atoms with Crippen LogP contribution in [-0.4, -0.2) is 29.9 Å². The van der Waals surface area contributed by atoms with Gasteiger partial charge in [0.1, 0.15) is 0 Å². The summed E-state index contributed by atoms with van der Waals surface area (Å²) >= 11 is 0. The molecule has 1 aromatic carbocycles. The average Bonchev–Trinajstić information content (AvgIpc) is 2.45. The summed E-state index contributed by atoms with van der Waals surface area (Å²) in [4.78, 5) is 15.0. The second-order valence-electron chi connectivity index (χ2n) is 6.32. The average molecular weight is 274 g/mol. The number of carbonyl (C=O) groups excluding carboxylic acids is 1. The summed E-state index contributed by atoms with van der Waals surface area (Å²) in [6.07, 6.45) is 1.87. The lowest BCUT2D eigenvalue weighted by Gasteiger charge is -2.39. The minimum Gasteiger partial charge on any atom is -0.335 e. The lowest BCUT2D eigenvalue weighted by molar-refractivity contribution is -0.145. The van der Waals surface area contributed by atoms with Gasteiger partial charge in [-0.1, -0.05) is 37.3 Å². The number of benzene rings is 1. The van der Waals surface area contributed by atoms with Gasteiger partial charge in [0.15, 0.2) is 0 Å². The fourth-order valence-electron chi connectivity index (χ4n) is 2.81. The Morgan fingerprint density at radius 2 is 1.85 bits per heavy atom. The van der Waals surface area contributed by atoms with E-state index in [1.165, 1.54) is 5.56 Å². The van der Waals surface area contributed by atoms with Crippen LogP contribution >= 0.6 is 0 Å². The Kier molecular flexibility index (Phi) is 4.81. The van der Waals surface area contributed by atoms with Crippen LogP contribution in [0, 0.1) is 5.41 Å². The van der Waals surface area contributed by atoms with Gasteiger partial charge in [0.05, 0.1) is 0 Å².